The van der Waals surface area contributed by atoms with Gasteiger partial charge in [-0.2, -0.15) is 0 Å². The molecule has 1 aromatic heterocycles. The lowest BCUT2D eigenvalue weighted by Crippen LogP contribution is -2.29. The van der Waals surface area contributed by atoms with Crippen LogP contribution in [0.5, 0.6) is 5.75 Å². The van der Waals surface area contributed by atoms with E-state index in [-0.39, 0.29) is 11.8 Å². The minimum Gasteiger partial charge on any atom is -0.508 e. The molecule has 0 bridgehead atoms. The zero-order valence-electron chi connectivity index (χ0n) is 8.74. The van der Waals surface area contributed by atoms with E-state index >= 15 is 0 Å². The van der Waals surface area contributed by atoms with E-state index in [0.29, 0.717) is 5.69 Å². The van der Waals surface area contributed by atoms with Crippen molar-refractivity contribution in [1.29, 1.82) is 0 Å². The van der Waals surface area contributed by atoms with E-state index < -0.39 is 0 Å². The lowest BCUT2D eigenvalue weighted by Gasteiger charge is -2.17. The predicted octanol–water partition coefficient (Wildman–Crippen LogP) is 1.69. The third-order valence-corrected chi connectivity index (χ3v) is 2.23. The fourth-order valence-electron chi connectivity index (χ4n) is 1.36. The highest BCUT2D eigenvalue weighted by atomic mass is 16.3. The highest BCUT2D eigenvalue weighted by Crippen LogP contribution is 2.19. The maximum absolute atomic E-state index is 11.9. The van der Waals surface area contributed by atoms with Gasteiger partial charge in [0.25, 0.3) is 0 Å². The number of hydrogen-bond donors (Lipinski definition) is 1. The molecule has 1 aromatic carbocycles. The van der Waals surface area contributed by atoms with Gasteiger partial charge in [-0.15, -0.1) is 0 Å². The number of phenolic OH excluding ortho intramolecular Hbond substituents is 1. The van der Waals surface area contributed by atoms with E-state index in [1.54, 1.807) is 31.4 Å². The third kappa shape index (κ3) is 1.88. The number of anilines is 1. The van der Waals surface area contributed by atoms with Gasteiger partial charge in [0, 0.05) is 31.2 Å². The lowest BCUT2D eigenvalue weighted by molar-refractivity contribution is 0.249. The van der Waals surface area contributed by atoms with Crippen molar-refractivity contribution in [2.24, 2.45) is 0 Å². The molecule has 5 nitrogen and oxygen atoms in total. The van der Waals surface area contributed by atoms with Gasteiger partial charge in [0.05, 0.1) is 0 Å². The van der Waals surface area contributed by atoms with E-state index in [1.807, 2.05) is 0 Å². The number of benzene rings is 1. The molecule has 0 unspecified atom stereocenters. The van der Waals surface area contributed by atoms with E-state index in [4.69, 9.17) is 0 Å². The molecule has 0 atom stereocenters. The Kier molecular flexibility index (Phi) is 2.59. The van der Waals surface area contributed by atoms with Crippen LogP contribution >= 0.6 is 0 Å². The first-order valence-corrected chi connectivity index (χ1v) is 4.73. The monoisotopic (exact) mass is 217 g/mol. The number of aromatic nitrogens is 2. The number of rotatable bonds is 1. The Bertz CT molecular complexity index is 494. The minimum atomic E-state index is -0.233. The second-order valence-electron chi connectivity index (χ2n) is 3.33. The molecule has 16 heavy (non-hydrogen) atoms. The van der Waals surface area contributed by atoms with Crippen molar-refractivity contribution in [3.63, 3.8) is 0 Å². The van der Waals surface area contributed by atoms with Gasteiger partial charge >= 0.3 is 6.03 Å². The number of phenols is 1. The number of hydrogen-bond acceptors (Lipinski definition) is 3. The van der Waals surface area contributed by atoms with E-state index in [0.717, 1.165) is 0 Å². The Morgan fingerprint density at radius 2 is 2.31 bits per heavy atom. The van der Waals surface area contributed by atoms with Crippen LogP contribution in [-0.2, 0) is 0 Å². The molecule has 5 heteroatoms. The van der Waals surface area contributed by atoms with Crippen molar-refractivity contribution >= 4 is 11.7 Å². The van der Waals surface area contributed by atoms with Crippen LogP contribution in [0.15, 0.2) is 43.0 Å². The average molecular weight is 217 g/mol. The largest absolute Gasteiger partial charge is 0.508 e. The van der Waals surface area contributed by atoms with Gasteiger partial charge in [-0.25, -0.2) is 9.78 Å². The summed E-state index contributed by atoms with van der Waals surface area (Å²) in [6.45, 7) is 0. The molecule has 0 saturated heterocycles. The first-order chi connectivity index (χ1) is 7.68. The summed E-state index contributed by atoms with van der Waals surface area (Å²) < 4.78 is 1.37. The summed E-state index contributed by atoms with van der Waals surface area (Å²) in [5.74, 6) is 0.128. The van der Waals surface area contributed by atoms with Crippen LogP contribution in [0, 0.1) is 0 Å². The summed E-state index contributed by atoms with van der Waals surface area (Å²) in [6, 6.07) is 6.27. The second kappa shape index (κ2) is 4.06. The number of amides is 1. The Morgan fingerprint density at radius 3 is 2.94 bits per heavy atom. The van der Waals surface area contributed by atoms with Crippen molar-refractivity contribution < 1.29 is 9.90 Å². The van der Waals surface area contributed by atoms with Crippen molar-refractivity contribution in [2.75, 3.05) is 11.9 Å². The first-order valence-electron chi connectivity index (χ1n) is 4.73. The van der Waals surface area contributed by atoms with Crippen LogP contribution in [0.3, 0.4) is 0 Å². The Balaban J connectivity index is 2.26. The highest BCUT2D eigenvalue weighted by molar-refractivity contribution is 5.93. The number of nitrogens with zero attached hydrogens (tertiary/aromatic N) is 3. The summed E-state index contributed by atoms with van der Waals surface area (Å²) in [5.41, 5.74) is 0.624. The molecular formula is C11H11N3O2. The molecule has 0 aliphatic heterocycles. The van der Waals surface area contributed by atoms with Gasteiger partial charge in [-0.05, 0) is 12.1 Å². The molecule has 0 aliphatic carbocycles. The Morgan fingerprint density at radius 1 is 1.50 bits per heavy atom. The van der Waals surface area contributed by atoms with E-state index in [1.165, 1.54) is 28.1 Å². The van der Waals surface area contributed by atoms with Gasteiger partial charge in [0.1, 0.15) is 12.1 Å². The normalized spacial score (nSPS) is 10.1. The summed E-state index contributed by atoms with van der Waals surface area (Å²) in [6.07, 6.45) is 4.54. The number of carbonyl (C=O) groups is 1. The SMILES string of the molecule is CN(C(=O)n1ccnc1)c1cccc(O)c1. The first kappa shape index (κ1) is 10.2. The standard InChI is InChI=1S/C11H11N3O2/c1-13(9-3-2-4-10(15)7-9)11(16)14-6-5-12-8-14/h2-8,15H,1H3. The zero-order chi connectivity index (χ0) is 11.5. The lowest BCUT2D eigenvalue weighted by atomic mass is 10.3. The molecule has 0 fully saturated rings. The van der Waals surface area contributed by atoms with Crippen molar-refractivity contribution in [2.45, 2.75) is 0 Å². The molecule has 0 aliphatic rings. The van der Waals surface area contributed by atoms with Crippen LogP contribution in [0.2, 0.25) is 0 Å². The highest BCUT2D eigenvalue weighted by Gasteiger charge is 2.12. The summed E-state index contributed by atoms with van der Waals surface area (Å²) >= 11 is 0. The van der Waals surface area contributed by atoms with Gasteiger partial charge in [0.15, 0.2) is 0 Å². The molecule has 1 N–H and O–H groups in total. The van der Waals surface area contributed by atoms with Crippen LogP contribution in [0.4, 0.5) is 10.5 Å². The topological polar surface area (TPSA) is 58.4 Å². The van der Waals surface area contributed by atoms with Crippen molar-refractivity contribution in [1.82, 2.24) is 9.55 Å². The minimum absolute atomic E-state index is 0.128. The molecule has 0 spiro atoms. The molecule has 2 aromatic rings. The third-order valence-electron chi connectivity index (χ3n) is 2.23. The molecule has 82 valence electrons. The molecule has 0 saturated carbocycles. The summed E-state index contributed by atoms with van der Waals surface area (Å²) in [5, 5.41) is 9.32. The molecular weight excluding hydrogens is 206 g/mol. The molecule has 2 rings (SSSR count). The van der Waals surface area contributed by atoms with E-state index in [2.05, 4.69) is 4.98 Å². The van der Waals surface area contributed by atoms with E-state index in [9.17, 15) is 9.90 Å². The average Bonchev–Trinajstić information content (AvgIpc) is 2.80. The second-order valence-corrected chi connectivity index (χ2v) is 3.33. The van der Waals surface area contributed by atoms with Gasteiger partial charge in [-0.3, -0.25) is 9.47 Å². The van der Waals surface area contributed by atoms with Crippen LogP contribution in [0.1, 0.15) is 0 Å². The molecule has 0 radical (unpaired) electrons. The number of imidazole rings is 1. The maximum atomic E-state index is 11.9. The smallest absolute Gasteiger partial charge is 0.333 e. The predicted molar refractivity (Wildman–Crippen MR) is 59.5 cm³/mol. The number of carbonyl (C=O) groups excluding carboxylic acids is 1. The zero-order valence-corrected chi connectivity index (χ0v) is 8.74. The summed E-state index contributed by atoms with van der Waals surface area (Å²) in [4.78, 5) is 17.1. The van der Waals surface area contributed by atoms with Gasteiger partial charge < -0.3 is 5.11 Å². The van der Waals surface area contributed by atoms with Crippen LogP contribution < -0.4 is 4.90 Å². The van der Waals surface area contributed by atoms with Gasteiger partial charge in [-0.1, -0.05) is 6.07 Å². The molecule has 1 amide bonds. The summed E-state index contributed by atoms with van der Waals surface area (Å²) in [7, 11) is 1.64. The number of aromatic hydroxyl groups is 1. The van der Waals surface area contributed by atoms with Gasteiger partial charge in [0.2, 0.25) is 0 Å². The quantitative estimate of drug-likeness (QED) is 0.790. The van der Waals surface area contributed by atoms with Crippen molar-refractivity contribution in [3.05, 3.63) is 43.0 Å². The Hall–Kier alpha value is -2.30. The fourth-order valence-corrected chi connectivity index (χ4v) is 1.36. The molecule has 1 heterocycles. The Labute approximate surface area is 92.6 Å². The fraction of sp³-hybridized carbons (Fsp3) is 0.0909. The van der Waals surface area contributed by atoms with Crippen molar-refractivity contribution in [3.8, 4) is 5.75 Å². The van der Waals surface area contributed by atoms with Crippen LogP contribution in [0.25, 0.3) is 0 Å². The maximum Gasteiger partial charge on any atom is 0.333 e. The van der Waals surface area contributed by atoms with Crippen LogP contribution in [-0.4, -0.2) is 27.7 Å².